The molecular formula is C14H16N2O2S. The molecule has 2 aromatic rings. The van der Waals surface area contributed by atoms with E-state index in [4.69, 9.17) is 0 Å². The fraction of sp³-hybridized carbons (Fsp3) is 0.143. The zero-order valence-corrected chi connectivity index (χ0v) is 11.4. The molecule has 0 aromatic heterocycles. The second-order valence-corrected chi connectivity index (χ2v) is 5.94. The van der Waals surface area contributed by atoms with Crippen molar-refractivity contribution in [2.24, 2.45) is 0 Å². The van der Waals surface area contributed by atoms with E-state index in [9.17, 15) is 8.42 Å². The molecule has 0 unspecified atom stereocenters. The first-order valence-electron chi connectivity index (χ1n) is 5.93. The van der Waals surface area contributed by atoms with Gasteiger partial charge < -0.3 is 0 Å². The Labute approximate surface area is 113 Å². The first kappa shape index (κ1) is 13.7. The van der Waals surface area contributed by atoms with Crippen LogP contribution in [0.3, 0.4) is 0 Å². The molecule has 0 radical (unpaired) electrons. The summed E-state index contributed by atoms with van der Waals surface area (Å²) >= 11 is 0. The number of hydrogen-bond donors (Lipinski definition) is 2. The van der Waals surface area contributed by atoms with Crippen molar-refractivity contribution >= 4 is 10.0 Å². The highest BCUT2D eigenvalue weighted by molar-refractivity contribution is 7.89. The van der Waals surface area contributed by atoms with Crippen LogP contribution in [0.4, 0.5) is 0 Å². The minimum absolute atomic E-state index is 0.249. The van der Waals surface area contributed by atoms with Gasteiger partial charge in [0, 0.05) is 6.54 Å². The molecule has 0 atom stereocenters. The zero-order valence-electron chi connectivity index (χ0n) is 10.6. The summed E-state index contributed by atoms with van der Waals surface area (Å²) in [6.45, 7) is 2.35. The van der Waals surface area contributed by atoms with Gasteiger partial charge in [-0.25, -0.2) is 13.8 Å². The predicted octanol–water partition coefficient (Wildman–Crippen LogP) is 1.98. The molecular weight excluding hydrogens is 260 g/mol. The van der Waals surface area contributed by atoms with E-state index in [0.29, 0.717) is 6.54 Å². The molecule has 2 aromatic carbocycles. The van der Waals surface area contributed by atoms with Crippen LogP contribution in [0.25, 0.3) is 0 Å². The van der Waals surface area contributed by atoms with Crippen molar-refractivity contribution < 1.29 is 8.42 Å². The highest BCUT2D eigenvalue weighted by atomic mass is 32.2. The number of aryl methyl sites for hydroxylation is 1. The fourth-order valence-corrected chi connectivity index (χ4v) is 2.48. The molecule has 0 aliphatic carbocycles. The Kier molecular flexibility index (Phi) is 4.31. The molecule has 0 saturated heterocycles. The first-order chi connectivity index (χ1) is 9.08. The Morgan fingerprint density at radius 2 is 1.58 bits per heavy atom. The van der Waals surface area contributed by atoms with Gasteiger partial charge in [-0.05, 0) is 24.6 Å². The van der Waals surface area contributed by atoms with Crippen molar-refractivity contribution in [1.82, 2.24) is 10.3 Å². The summed E-state index contributed by atoms with van der Waals surface area (Å²) in [5, 5.41) is 0. The van der Waals surface area contributed by atoms with E-state index in [1.165, 1.54) is 0 Å². The highest BCUT2D eigenvalue weighted by Crippen LogP contribution is 2.09. The van der Waals surface area contributed by atoms with Gasteiger partial charge in [-0.1, -0.05) is 48.0 Å². The molecule has 0 heterocycles. The van der Waals surface area contributed by atoms with Crippen molar-refractivity contribution in [3.63, 3.8) is 0 Å². The summed E-state index contributed by atoms with van der Waals surface area (Å²) < 4.78 is 23.9. The van der Waals surface area contributed by atoms with Gasteiger partial charge >= 0.3 is 0 Å². The van der Waals surface area contributed by atoms with Gasteiger partial charge in [0.05, 0.1) is 4.90 Å². The lowest BCUT2D eigenvalue weighted by Gasteiger charge is -2.08. The third kappa shape index (κ3) is 3.89. The maximum atomic E-state index is 12.0. The van der Waals surface area contributed by atoms with Gasteiger partial charge in [0.2, 0.25) is 0 Å². The second kappa shape index (κ2) is 5.97. The average Bonchev–Trinajstić information content (AvgIpc) is 2.40. The first-order valence-corrected chi connectivity index (χ1v) is 7.41. The molecule has 5 heteroatoms. The monoisotopic (exact) mass is 276 g/mol. The van der Waals surface area contributed by atoms with E-state index >= 15 is 0 Å². The average molecular weight is 276 g/mol. The molecule has 0 saturated carbocycles. The lowest BCUT2D eigenvalue weighted by Crippen LogP contribution is -2.36. The summed E-state index contributed by atoms with van der Waals surface area (Å²) in [7, 11) is -3.51. The summed E-state index contributed by atoms with van der Waals surface area (Å²) in [4.78, 5) is 2.61. The van der Waals surface area contributed by atoms with Gasteiger partial charge in [0.15, 0.2) is 0 Å². The van der Waals surface area contributed by atoms with E-state index in [0.717, 1.165) is 11.1 Å². The Hall–Kier alpha value is -1.69. The number of benzene rings is 2. The van der Waals surface area contributed by atoms with Crippen LogP contribution in [0.5, 0.6) is 0 Å². The van der Waals surface area contributed by atoms with Crippen LogP contribution in [0.1, 0.15) is 11.1 Å². The van der Waals surface area contributed by atoms with Crippen LogP contribution in [-0.2, 0) is 16.6 Å². The van der Waals surface area contributed by atoms with E-state index in [-0.39, 0.29) is 4.90 Å². The molecule has 19 heavy (non-hydrogen) atoms. The van der Waals surface area contributed by atoms with Crippen molar-refractivity contribution in [1.29, 1.82) is 0 Å². The van der Waals surface area contributed by atoms with Crippen LogP contribution in [0, 0.1) is 6.92 Å². The molecule has 2 N–H and O–H groups in total. The second-order valence-electron chi connectivity index (χ2n) is 4.26. The van der Waals surface area contributed by atoms with Gasteiger partial charge in [0.25, 0.3) is 10.0 Å². The zero-order chi connectivity index (χ0) is 13.7. The van der Waals surface area contributed by atoms with Crippen LogP contribution < -0.4 is 10.3 Å². The normalized spacial score (nSPS) is 11.4. The minimum Gasteiger partial charge on any atom is -0.239 e. The molecule has 0 amide bonds. The van der Waals surface area contributed by atoms with Gasteiger partial charge in [-0.3, -0.25) is 0 Å². The lowest BCUT2D eigenvalue weighted by atomic mass is 10.2. The SMILES string of the molecule is Cc1ccc(S(=O)(=O)NNCc2ccccc2)cc1. The molecule has 0 fully saturated rings. The molecule has 2 rings (SSSR count). The molecule has 0 aliphatic heterocycles. The third-order valence-corrected chi connectivity index (χ3v) is 3.98. The molecule has 4 nitrogen and oxygen atoms in total. The van der Waals surface area contributed by atoms with E-state index in [1.54, 1.807) is 24.3 Å². The van der Waals surface area contributed by atoms with Crippen LogP contribution in [-0.4, -0.2) is 8.42 Å². The summed E-state index contributed by atoms with van der Waals surface area (Å²) in [5.41, 5.74) is 4.75. The summed E-state index contributed by atoms with van der Waals surface area (Å²) in [5.74, 6) is 0. The van der Waals surface area contributed by atoms with Crippen molar-refractivity contribution in [2.45, 2.75) is 18.4 Å². The van der Waals surface area contributed by atoms with Crippen molar-refractivity contribution in [3.8, 4) is 0 Å². The maximum absolute atomic E-state index is 12.0. The topological polar surface area (TPSA) is 58.2 Å². The molecule has 0 aliphatic rings. The van der Waals surface area contributed by atoms with Crippen molar-refractivity contribution in [2.75, 3.05) is 0 Å². The molecule has 0 spiro atoms. The highest BCUT2D eigenvalue weighted by Gasteiger charge is 2.12. The maximum Gasteiger partial charge on any atom is 0.253 e. The van der Waals surface area contributed by atoms with Gasteiger partial charge in [0.1, 0.15) is 0 Å². The summed E-state index contributed by atoms with van der Waals surface area (Å²) in [6, 6.07) is 16.3. The summed E-state index contributed by atoms with van der Waals surface area (Å²) in [6.07, 6.45) is 0. The van der Waals surface area contributed by atoms with Crippen LogP contribution in [0.15, 0.2) is 59.5 Å². The smallest absolute Gasteiger partial charge is 0.239 e. The predicted molar refractivity (Wildman–Crippen MR) is 74.8 cm³/mol. The lowest BCUT2D eigenvalue weighted by molar-refractivity contribution is 0.555. The minimum atomic E-state index is -3.51. The van der Waals surface area contributed by atoms with Crippen LogP contribution >= 0.6 is 0 Å². The van der Waals surface area contributed by atoms with Crippen LogP contribution in [0.2, 0.25) is 0 Å². The van der Waals surface area contributed by atoms with E-state index < -0.39 is 10.0 Å². The molecule has 100 valence electrons. The number of sulfonamides is 1. The van der Waals surface area contributed by atoms with Gasteiger partial charge in [-0.2, -0.15) is 0 Å². The Morgan fingerprint density at radius 3 is 2.21 bits per heavy atom. The Morgan fingerprint density at radius 1 is 0.947 bits per heavy atom. The largest absolute Gasteiger partial charge is 0.253 e. The molecule has 0 bridgehead atoms. The fourth-order valence-electron chi connectivity index (χ4n) is 1.61. The number of hydrogen-bond acceptors (Lipinski definition) is 3. The third-order valence-electron chi connectivity index (χ3n) is 2.67. The quantitative estimate of drug-likeness (QED) is 0.821. The Bertz CT molecular complexity index is 622. The van der Waals surface area contributed by atoms with Crippen molar-refractivity contribution in [3.05, 3.63) is 65.7 Å². The number of rotatable bonds is 5. The van der Waals surface area contributed by atoms with E-state index in [2.05, 4.69) is 10.3 Å². The van der Waals surface area contributed by atoms with Gasteiger partial charge in [-0.15, -0.1) is 4.83 Å². The Balaban J connectivity index is 1.97. The number of nitrogens with one attached hydrogen (secondary N) is 2. The van der Waals surface area contributed by atoms with E-state index in [1.807, 2.05) is 37.3 Å². The number of hydrazine groups is 1. The standard InChI is InChI=1S/C14H16N2O2S/c1-12-7-9-14(10-8-12)19(17,18)16-15-11-13-5-3-2-4-6-13/h2-10,15-16H,11H2,1H3.